The second-order valence-electron chi connectivity index (χ2n) is 6.77. The van der Waals surface area contributed by atoms with E-state index < -0.39 is 39.9 Å². The van der Waals surface area contributed by atoms with Crippen LogP contribution in [-0.4, -0.2) is 48.2 Å². The molecule has 4 rings (SSSR count). The molecule has 2 aliphatic heterocycles. The number of benzene rings is 2. The highest BCUT2D eigenvalue weighted by Crippen LogP contribution is 2.30. The molecule has 2 fully saturated rings. The van der Waals surface area contributed by atoms with Gasteiger partial charge in [0.2, 0.25) is 10.0 Å². The molecule has 2 saturated heterocycles. The first-order valence-electron chi connectivity index (χ1n) is 8.81. The van der Waals surface area contributed by atoms with Gasteiger partial charge in [0.05, 0.1) is 17.5 Å². The van der Waals surface area contributed by atoms with E-state index in [1.165, 1.54) is 12.1 Å². The van der Waals surface area contributed by atoms with Crippen LogP contribution in [-0.2, 0) is 21.4 Å². The Morgan fingerprint density at radius 2 is 1.82 bits per heavy atom. The third-order valence-electron chi connectivity index (χ3n) is 5.01. The number of fused-ring (bicyclic) bond motifs is 1. The van der Waals surface area contributed by atoms with Crippen molar-refractivity contribution in [1.29, 1.82) is 0 Å². The summed E-state index contributed by atoms with van der Waals surface area (Å²) < 4.78 is 40.6. The molecule has 2 aromatic rings. The number of carbonyl (C=O) groups is 2. The molecule has 7 nitrogen and oxygen atoms in total. The number of urea groups is 1. The summed E-state index contributed by atoms with van der Waals surface area (Å²) in [6.07, 6.45) is 0.315. The van der Waals surface area contributed by atoms with Crippen LogP contribution in [0.3, 0.4) is 0 Å². The van der Waals surface area contributed by atoms with Gasteiger partial charge < -0.3 is 5.32 Å². The van der Waals surface area contributed by atoms with E-state index in [4.69, 9.17) is 0 Å². The molecule has 9 heteroatoms. The molecule has 2 aliphatic rings. The maximum atomic E-state index is 13.5. The summed E-state index contributed by atoms with van der Waals surface area (Å²) in [6, 6.07) is 11.5. The van der Waals surface area contributed by atoms with Gasteiger partial charge in [-0.05, 0) is 30.2 Å². The van der Waals surface area contributed by atoms with Crippen LogP contribution in [0.1, 0.15) is 12.0 Å². The summed E-state index contributed by atoms with van der Waals surface area (Å²) in [4.78, 5) is 26.3. The van der Waals surface area contributed by atoms with Gasteiger partial charge in [-0.2, -0.15) is 4.31 Å². The first-order valence-corrected chi connectivity index (χ1v) is 10.2. The Bertz CT molecular complexity index is 1030. The predicted octanol–water partition coefficient (Wildman–Crippen LogP) is 1.71. The van der Waals surface area contributed by atoms with E-state index in [0.29, 0.717) is 6.42 Å². The number of hydrogen-bond acceptors (Lipinski definition) is 4. The van der Waals surface area contributed by atoms with Gasteiger partial charge in [0.25, 0.3) is 5.91 Å². The smallest absolute Gasteiger partial charge is 0.324 e. The maximum absolute atomic E-state index is 13.5. The predicted molar refractivity (Wildman–Crippen MR) is 98.0 cm³/mol. The molecule has 0 unspecified atom stereocenters. The quantitative estimate of drug-likeness (QED) is 0.842. The molecule has 28 heavy (non-hydrogen) atoms. The molecule has 0 aliphatic carbocycles. The van der Waals surface area contributed by atoms with Gasteiger partial charge in [0.1, 0.15) is 11.9 Å². The summed E-state index contributed by atoms with van der Waals surface area (Å²) in [5.41, 5.74) is 0.752. The minimum Gasteiger partial charge on any atom is -0.333 e. The summed E-state index contributed by atoms with van der Waals surface area (Å²) in [6.45, 7) is 0.113. The zero-order chi connectivity index (χ0) is 19.9. The molecule has 0 radical (unpaired) electrons. The average molecular weight is 403 g/mol. The Kier molecular flexibility index (Phi) is 4.64. The Balaban J connectivity index is 1.64. The lowest BCUT2D eigenvalue weighted by Gasteiger charge is -2.36. The molecule has 2 atom stereocenters. The second kappa shape index (κ2) is 6.99. The number of nitrogens with zero attached hydrogens (tertiary/aromatic N) is 2. The van der Waals surface area contributed by atoms with E-state index in [2.05, 4.69) is 5.32 Å². The van der Waals surface area contributed by atoms with E-state index in [-0.39, 0.29) is 18.0 Å². The van der Waals surface area contributed by atoms with Crippen LogP contribution in [0.5, 0.6) is 0 Å². The first-order chi connectivity index (χ1) is 13.4. The van der Waals surface area contributed by atoms with Crippen LogP contribution in [0.2, 0.25) is 0 Å². The minimum atomic E-state index is -4.08. The summed E-state index contributed by atoms with van der Waals surface area (Å²) >= 11 is 0. The topological polar surface area (TPSA) is 86.8 Å². The van der Waals surface area contributed by atoms with Crippen molar-refractivity contribution >= 4 is 22.0 Å². The van der Waals surface area contributed by atoms with Crippen molar-refractivity contribution in [3.8, 4) is 0 Å². The van der Waals surface area contributed by atoms with E-state index in [9.17, 15) is 22.4 Å². The van der Waals surface area contributed by atoms with E-state index in [1.807, 2.05) is 6.07 Å². The highest BCUT2D eigenvalue weighted by atomic mass is 32.2. The van der Waals surface area contributed by atoms with Gasteiger partial charge in [-0.1, -0.05) is 36.4 Å². The van der Waals surface area contributed by atoms with Crippen LogP contribution in [0.15, 0.2) is 59.5 Å². The zero-order valence-corrected chi connectivity index (χ0v) is 15.6. The molecule has 3 amide bonds. The number of rotatable bonds is 4. The zero-order valence-electron chi connectivity index (χ0n) is 14.8. The van der Waals surface area contributed by atoms with Crippen LogP contribution in [0.25, 0.3) is 0 Å². The third-order valence-corrected chi connectivity index (χ3v) is 6.89. The molecule has 0 saturated carbocycles. The summed E-state index contributed by atoms with van der Waals surface area (Å²) in [5.74, 6) is -1.25. The van der Waals surface area contributed by atoms with Crippen molar-refractivity contribution < 1.29 is 22.4 Å². The lowest BCUT2D eigenvalue weighted by atomic mass is 10.1. The first kappa shape index (κ1) is 18.6. The highest BCUT2D eigenvalue weighted by Gasteiger charge is 2.51. The van der Waals surface area contributed by atoms with Gasteiger partial charge in [-0.25, -0.2) is 17.6 Å². The maximum Gasteiger partial charge on any atom is 0.324 e. The standard InChI is InChI=1S/C19H18FN3O4S/c20-14-7-4-8-15(11-14)28(26,27)23-10-9-16-17(23)18(24)22(19(25)21-16)12-13-5-2-1-3-6-13/h1-8,11,16-17H,9-10,12H2,(H,21,25)/t16-,17-/m1/s1. The van der Waals surface area contributed by atoms with E-state index in [0.717, 1.165) is 26.9 Å². The van der Waals surface area contributed by atoms with Gasteiger partial charge in [0, 0.05) is 6.54 Å². The van der Waals surface area contributed by atoms with Gasteiger partial charge in [-0.3, -0.25) is 9.69 Å². The van der Waals surface area contributed by atoms with Gasteiger partial charge in [-0.15, -0.1) is 0 Å². The number of nitrogens with one attached hydrogen (secondary N) is 1. The van der Waals surface area contributed by atoms with Crippen molar-refractivity contribution in [2.45, 2.75) is 29.9 Å². The fourth-order valence-corrected chi connectivity index (χ4v) is 5.32. The molecule has 146 valence electrons. The SMILES string of the molecule is O=C1N[C@@H]2CCN(S(=O)(=O)c3cccc(F)c3)[C@H]2C(=O)N1Cc1ccccc1. The molecule has 0 bridgehead atoms. The lowest BCUT2D eigenvalue weighted by molar-refractivity contribution is -0.134. The molecule has 2 aromatic carbocycles. The molecule has 1 N–H and O–H groups in total. The average Bonchev–Trinajstić information content (AvgIpc) is 3.10. The van der Waals surface area contributed by atoms with Gasteiger partial charge in [0.15, 0.2) is 0 Å². The van der Waals surface area contributed by atoms with Crippen molar-refractivity contribution in [3.05, 3.63) is 66.0 Å². The largest absolute Gasteiger partial charge is 0.333 e. The summed E-state index contributed by atoms with van der Waals surface area (Å²) in [5, 5.41) is 2.73. The minimum absolute atomic E-state index is 0.0442. The number of halogens is 1. The van der Waals surface area contributed by atoms with Crippen LogP contribution < -0.4 is 5.32 Å². The number of imide groups is 1. The highest BCUT2D eigenvalue weighted by molar-refractivity contribution is 7.89. The third kappa shape index (κ3) is 3.16. The van der Waals surface area contributed by atoms with Crippen molar-refractivity contribution in [2.75, 3.05) is 6.54 Å². The van der Waals surface area contributed by atoms with Crippen LogP contribution >= 0.6 is 0 Å². The molecule has 2 heterocycles. The number of carbonyl (C=O) groups excluding carboxylic acids is 2. The van der Waals surface area contributed by atoms with Gasteiger partial charge >= 0.3 is 6.03 Å². The number of sulfonamides is 1. The monoisotopic (exact) mass is 403 g/mol. The molecule has 0 aromatic heterocycles. The number of amides is 3. The van der Waals surface area contributed by atoms with Crippen LogP contribution in [0, 0.1) is 5.82 Å². The van der Waals surface area contributed by atoms with Crippen LogP contribution in [0.4, 0.5) is 9.18 Å². The Labute approximate surface area is 161 Å². The Hall–Kier alpha value is -2.78. The number of hydrogen-bond donors (Lipinski definition) is 1. The molecular weight excluding hydrogens is 385 g/mol. The van der Waals surface area contributed by atoms with Crippen molar-refractivity contribution in [1.82, 2.24) is 14.5 Å². The van der Waals surface area contributed by atoms with Crippen molar-refractivity contribution in [3.63, 3.8) is 0 Å². The summed E-state index contributed by atoms with van der Waals surface area (Å²) in [7, 11) is -4.08. The van der Waals surface area contributed by atoms with E-state index >= 15 is 0 Å². The molecule has 0 spiro atoms. The molecular formula is C19H18FN3O4S. The fourth-order valence-electron chi connectivity index (χ4n) is 3.65. The fraction of sp³-hybridized carbons (Fsp3) is 0.263. The second-order valence-corrected chi connectivity index (χ2v) is 8.66. The normalized spacial score (nSPS) is 22.8. The Morgan fingerprint density at radius 1 is 1.07 bits per heavy atom. The Morgan fingerprint density at radius 3 is 2.54 bits per heavy atom. The van der Waals surface area contributed by atoms with Crippen molar-refractivity contribution in [2.24, 2.45) is 0 Å². The lowest BCUT2D eigenvalue weighted by Crippen LogP contribution is -2.64. The van der Waals surface area contributed by atoms with E-state index in [1.54, 1.807) is 24.3 Å².